The van der Waals surface area contributed by atoms with Gasteiger partial charge in [0.05, 0.1) is 23.1 Å². The maximum absolute atomic E-state index is 11.8. The summed E-state index contributed by atoms with van der Waals surface area (Å²) in [6, 6.07) is 2.08. The summed E-state index contributed by atoms with van der Waals surface area (Å²) in [6.07, 6.45) is 3.58. The molecule has 0 radical (unpaired) electrons. The van der Waals surface area contributed by atoms with Gasteiger partial charge in [-0.15, -0.1) is 11.3 Å². The predicted molar refractivity (Wildman–Crippen MR) is 143 cm³/mol. The number of unbranched alkanes of at least 4 members (excludes halogenated alkanes) is 1. The van der Waals surface area contributed by atoms with Gasteiger partial charge in [0, 0.05) is 70.2 Å². The fourth-order valence-corrected chi connectivity index (χ4v) is 6.84. The maximum atomic E-state index is 11.8. The summed E-state index contributed by atoms with van der Waals surface area (Å²) < 4.78 is 31.1. The standard InChI is InChI=1S/C23H35ClN6O4S2/c1-3-34-20(31)6-4-5-7-27-8-12-29(13-9-27)22-21-19(25-23(24)26-22)16-18(35-21)17-28-10-14-30(15-11-28)36(2,32)33/h16H,3-15,17H2,1-2H3. The Hall–Kier alpha value is -1.57. The Morgan fingerprint density at radius 3 is 2.42 bits per heavy atom. The van der Waals surface area contributed by atoms with Crippen LogP contribution in [0.1, 0.15) is 31.1 Å². The number of nitrogens with zero attached hydrogens (tertiary/aromatic N) is 6. The lowest BCUT2D eigenvalue weighted by atomic mass is 10.2. The average molecular weight is 559 g/mol. The summed E-state index contributed by atoms with van der Waals surface area (Å²) in [5.41, 5.74) is 0.862. The van der Waals surface area contributed by atoms with Gasteiger partial charge < -0.3 is 9.64 Å². The second-order valence-corrected chi connectivity index (χ2v) is 12.7. The van der Waals surface area contributed by atoms with E-state index in [1.165, 1.54) is 15.4 Å². The van der Waals surface area contributed by atoms with Crippen molar-refractivity contribution in [2.24, 2.45) is 0 Å². The number of halogens is 1. The smallest absolute Gasteiger partial charge is 0.305 e. The van der Waals surface area contributed by atoms with Crippen LogP contribution in [-0.2, 0) is 26.1 Å². The Balaban J connectivity index is 1.32. The quantitative estimate of drug-likeness (QED) is 0.247. The van der Waals surface area contributed by atoms with Crippen molar-refractivity contribution in [1.82, 2.24) is 24.1 Å². The lowest BCUT2D eigenvalue weighted by molar-refractivity contribution is -0.143. The third kappa shape index (κ3) is 7.26. The minimum atomic E-state index is -3.13. The number of anilines is 1. The van der Waals surface area contributed by atoms with Crippen LogP contribution in [0.4, 0.5) is 5.82 Å². The van der Waals surface area contributed by atoms with E-state index in [1.54, 1.807) is 11.3 Å². The predicted octanol–water partition coefficient (Wildman–Crippen LogP) is 2.28. The zero-order chi connectivity index (χ0) is 25.7. The van der Waals surface area contributed by atoms with Crippen molar-refractivity contribution in [1.29, 1.82) is 0 Å². The van der Waals surface area contributed by atoms with Crippen molar-refractivity contribution in [2.75, 3.05) is 76.7 Å². The van der Waals surface area contributed by atoms with Crippen molar-refractivity contribution in [3.63, 3.8) is 0 Å². The van der Waals surface area contributed by atoms with Crippen LogP contribution in [0.2, 0.25) is 5.28 Å². The molecular weight excluding hydrogens is 524 g/mol. The molecule has 2 aliphatic heterocycles. The van der Waals surface area contributed by atoms with E-state index >= 15 is 0 Å². The SMILES string of the molecule is CCOC(=O)CCCCN1CCN(c2nc(Cl)nc3cc(CN4CCN(S(C)(=O)=O)CC4)sc23)CC1. The summed E-state index contributed by atoms with van der Waals surface area (Å²) in [5.74, 6) is 0.781. The first-order chi connectivity index (χ1) is 17.2. The van der Waals surface area contributed by atoms with Crippen molar-refractivity contribution < 1.29 is 17.9 Å². The number of esters is 1. The number of ether oxygens (including phenoxy) is 1. The zero-order valence-electron chi connectivity index (χ0n) is 21.0. The molecule has 0 amide bonds. The normalized spacial score (nSPS) is 18.7. The van der Waals surface area contributed by atoms with Crippen molar-refractivity contribution in [2.45, 2.75) is 32.7 Å². The molecule has 0 aliphatic carbocycles. The molecule has 0 atom stereocenters. The van der Waals surface area contributed by atoms with E-state index in [9.17, 15) is 13.2 Å². The molecule has 0 saturated carbocycles. The Bertz CT molecular complexity index is 1140. The van der Waals surface area contributed by atoms with Crippen LogP contribution in [-0.4, -0.2) is 110 Å². The van der Waals surface area contributed by atoms with Gasteiger partial charge in [0.1, 0.15) is 0 Å². The Kier molecular flexibility index (Phi) is 9.40. The first-order valence-electron chi connectivity index (χ1n) is 12.5. The topological polar surface area (TPSA) is 99.2 Å². The summed E-state index contributed by atoms with van der Waals surface area (Å²) in [7, 11) is -3.13. The second kappa shape index (κ2) is 12.3. The number of hydrogen-bond acceptors (Lipinski definition) is 10. The van der Waals surface area contributed by atoms with Gasteiger partial charge >= 0.3 is 5.97 Å². The Labute approximate surface area is 222 Å². The summed E-state index contributed by atoms with van der Waals surface area (Å²) >= 11 is 7.99. The van der Waals surface area contributed by atoms with E-state index < -0.39 is 10.0 Å². The molecule has 13 heteroatoms. The minimum Gasteiger partial charge on any atom is -0.466 e. The highest BCUT2D eigenvalue weighted by atomic mass is 35.5. The first-order valence-corrected chi connectivity index (χ1v) is 15.5. The van der Waals surface area contributed by atoms with Crippen molar-refractivity contribution >= 4 is 55.0 Å². The third-order valence-corrected chi connectivity index (χ3v) is 9.22. The number of aromatic nitrogens is 2. The van der Waals surface area contributed by atoms with E-state index in [1.807, 2.05) is 6.92 Å². The van der Waals surface area contributed by atoms with Crippen molar-refractivity contribution in [3.05, 3.63) is 16.2 Å². The number of piperazine rings is 2. The number of sulfonamides is 1. The molecule has 0 spiro atoms. The molecule has 36 heavy (non-hydrogen) atoms. The van der Waals surface area contributed by atoms with Gasteiger partial charge in [-0.05, 0) is 44.0 Å². The van der Waals surface area contributed by atoms with Gasteiger partial charge in [-0.25, -0.2) is 13.4 Å². The minimum absolute atomic E-state index is 0.113. The van der Waals surface area contributed by atoms with Gasteiger partial charge in [0.2, 0.25) is 15.3 Å². The number of thiophene rings is 1. The van der Waals surface area contributed by atoms with Crippen molar-refractivity contribution in [3.8, 4) is 0 Å². The lowest BCUT2D eigenvalue weighted by Crippen LogP contribution is -2.47. The van der Waals surface area contributed by atoms with Gasteiger partial charge in [-0.1, -0.05) is 0 Å². The lowest BCUT2D eigenvalue weighted by Gasteiger charge is -2.35. The number of fused-ring (bicyclic) bond motifs is 1. The van der Waals surface area contributed by atoms with E-state index in [0.717, 1.165) is 68.1 Å². The molecule has 2 aromatic rings. The molecule has 0 unspecified atom stereocenters. The number of carbonyl (C=O) groups excluding carboxylic acids is 1. The highest BCUT2D eigenvalue weighted by molar-refractivity contribution is 7.88. The van der Waals surface area contributed by atoms with Crippen LogP contribution >= 0.6 is 22.9 Å². The Morgan fingerprint density at radius 1 is 1.06 bits per heavy atom. The molecular formula is C23H35ClN6O4S2. The van der Waals surface area contributed by atoms with Gasteiger partial charge in [-0.3, -0.25) is 14.6 Å². The van der Waals surface area contributed by atoms with Crippen LogP contribution in [0.25, 0.3) is 10.2 Å². The number of carbonyl (C=O) groups is 1. The first kappa shape index (κ1) is 27.5. The van der Waals surface area contributed by atoms with Crippen LogP contribution in [0.3, 0.4) is 0 Å². The largest absolute Gasteiger partial charge is 0.466 e. The highest BCUT2D eigenvalue weighted by Crippen LogP contribution is 2.34. The van der Waals surface area contributed by atoms with E-state index in [-0.39, 0.29) is 11.3 Å². The van der Waals surface area contributed by atoms with Crippen LogP contribution in [0, 0.1) is 0 Å². The van der Waals surface area contributed by atoms with Crippen LogP contribution < -0.4 is 4.90 Å². The molecule has 0 aromatic carbocycles. The molecule has 2 aliphatic rings. The molecule has 2 aromatic heterocycles. The second-order valence-electron chi connectivity index (χ2n) is 9.27. The summed E-state index contributed by atoms with van der Waals surface area (Å²) in [4.78, 5) is 28.7. The van der Waals surface area contributed by atoms with Gasteiger partial charge in [-0.2, -0.15) is 9.29 Å². The van der Waals surface area contributed by atoms with E-state index in [0.29, 0.717) is 39.2 Å². The van der Waals surface area contributed by atoms with Gasteiger partial charge in [0.15, 0.2) is 5.82 Å². The molecule has 0 N–H and O–H groups in total. The summed E-state index contributed by atoms with van der Waals surface area (Å²) in [5, 5.41) is 0.255. The monoisotopic (exact) mass is 558 g/mol. The van der Waals surface area contributed by atoms with E-state index in [4.69, 9.17) is 16.3 Å². The highest BCUT2D eigenvalue weighted by Gasteiger charge is 2.25. The fourth-order valence-electron chi connectivity index (χ4n) is 4.69. The van der Waals surface area contributed by atoms with E-state index in [2.05, 4.69) is 30.7 Å². The molecule has 4 heterocycles. The maximum Gasteiger partial charge on any atom is 0.305 e. The third-order valence-electron chi connectivity index (χ3n) is 6.64. The molecule has 0 bridgehead atoms. The van der Waals surface area contributed by atoms with Crippen LogP contribution in [0.5, 0.6) is 0 Å². The van der Waals surface area contributed by atoms with Crippen LogP contribution in [0.15, 0.2) is 6.07 Å². The molecule has 4 rings (SSSR count). The molecule has 2 saturated heterocycles. The zero-order valence-corrected chi connectivity index (χ0v) is 23.4. The number of hydrogen-bond donors (Lipinski definition) is 0. The van der Waals surface area contributed by atoms with Gasteiger partial charge in [0.25, 0.3) is 0 Å². The Morgan fingerprint density at radius 2 is 1.75 bits per heavy atom. The molecule has 10 nitrogen and oxygen atoms in total. The molecule has 200 valence electrons. The summed E-state index contributed by atoms with van der Waals surface area (Å²) in [6.45, 7) is 10.1. The molecule has 2 fully saturated rings. The average Bonchev–Trinajstić information content (AvgIpc) is 3.23. The fraction of sp³-hybridized carbons (Fsp3) is 0.696. The number of rotatable bonds is 10.